The number of aliphatic hydroxyl groups is 2. The van der Waals surface area contributed by atoms with Crippen LogP contribution in [0.15, 0.2) is 36.5 Å². The van der Waals surface area contributed by atoms with Crippen LogP contribution in [0.25, 0.3) is 0 Å². The number of rotatable bonds is 38. The Balaban J connectivity index is 3.56. The van der Waals surface area contributed by atoms with Gasteiger partial charge in [0.05, 0.1) is 18.8 Å². The average Bonchev–Trinajstić information content (AvgIpc) is 3.09. The maximum absolute atomic E-state index is 12.3. The van der Waals surface area contributed by atoms with Crippen molar-refractivity contribution in [2.75, 3.05) is 6.61 Å². The van der Waals surface area contributed by atoms with Gasteiger partial charge in [0.25, 0.3) is 0 Å². The summed E-state index contributed by atoms with van der Waals surface area (Å²) < 4.78 is 0. The number of unbranched alkanes of at least 4 members (excludes halogenated alkanes) is 27. The van der Waals surface area contributed by atoms with Crippen LogP contribution in [0.4, 0.5) is 0 Å². The van der Waals surface area contributed by atoms with Gasteiger partial charge in [0.15, 0.2) is 0 Å². The first-order valence-corrected chi connectivity index (χ1v) is 21.2. The molecular weight excluding hydrogens is 590 g/mol. The van der Waals surface area contributed by atoms with Crippen LogP contribution in [0.1, 0.15) is 219 Å². The zero-order chi connectivity index (χ0) is 35.0. The minimum absolute atomic E-state index is 0.0778. The third-order valence-electron chi connectivity index (χ3n) is 9.60. The van der Waals surface area contributed by atoms with Crippen LogP contribution < -0.4 is 5.32 Å². The molecule has 0 fully saturated rings. The van der Waals surface area contributed by atoms with E-state index in [1.54, 1.807) is 6.08 Å². The number of carbonyl (C=O) groups is 1. The Hall–Kier alpha value is -1.39. The smallest absolute Gasteiger partial charge is 0.220 e. The number of amides is 1. The molecule has 0 aromatic rings. The molecule has 0 rings (SSSR count). The first-order chi connectivity index (χ1) is 23.7. The molecule has 0 aliphatic carbocycles. The second-order valence-corrected chi connectivity index (χ2v) is 14.4. The molecule has 3 N–H and O–H groups in total. The number of hydrogen-bond acceptors (Lipinski definition) is 3. The predicted molar refractivity (Wildman–Crippen MR) is 212 cm³/mol. The summed E-state index contributed by atoms with van der Waals surface area (Å²) in [4.78, 5) is 12.3. The molecule has 2 unspecified atom stereocenters. The maximum Gasteiger partial charge on any atom is 0.220 e. The van der Waals surface area contributed by atoms with Crippen LogP contribution in [0, 0.1) is 0 Å². The third-order valence-corrected chi connectivity index (χ3v) is 9.60. The van der Waals surface area contributed by atoms with Gasteiger partial charge in [-0.3, -0.25) is 4.79 Å². The van der Waals surface area contributed by atoms with E-state index in [1.807, 2.05) is 6.08 Å². The number of allylic oxidation sites excluding steroid dienone is 5. The highest BCUT2D eigenvalue weighted by molar-refractivity contribution is 5.76. The van der Waals surface area contributed by atoms with Crippen molar-refractivity contribution in [3.63, 3.8) is 0 Å². The highest BCUT2D eigenvalue weighted by Gasteiger charge is 2.17. The normalized spacial score (nSPS) is 13.3. The van der Waals surface area contributed by atoms with Gasteiger partial charge < -0.3 is 15.5 Å². The Morgan fingerprint density at radius 2 is 0.812 bits per heavy atom. The van der Waals surface area contributed by atoms with Crippen molar-refractivity contribution in [1.82, 2.24) is 5.32 Å². The third kappa shape index (κ3) is 35.9. The summed E-state index contributed by atoms with van der Waals surface area (Å²) in [6.45, 7) is 4.28. The molecule has 4 nitrogen and oxygen atoms in total. The average molecular weight is 674 g/mol. The molecule has 282 valence electrons. The molecule has 0 spiro atoms. The maximum atomic E-state index is 12.3. The largest absolute Gasteiger partial charge is 0.394 e. The van der Waals surface area contributed by atoms with Crippen molar-refractivity contribution in [1.29, 1.82) is 0 Å². The minimum Gasteiger partial charge on any atom is -0.394 e. The lowest BCUT2D eigenvalue weighted by atomic mass is 10.0. The summed E-state index contributed by atoms with van der Waals surface area (Å²) in [6.07, 6.45) is 52.5. The number of nitrogens with one attached hydrogen (secondary N) is 1. The molecule has 0 radical (unpaired) electrons. The Kier molecular flexibility index (Phi) is 38.9. The van der Waals surface area contributed by atoms with Gasteiger partial charge in [-0.15, -0.1) is 0 Å². The van der Waals surface area contributed by atoms with E-state index in [-0.39, 0.29) is 12.5 Å². The number of aliphatic hydroxyl groups excluding tert-OH is 2. The molecule has 0 aliphatic rings. The summed E-state index contributed by atoms with van der Waals surface area (Å²) in [5, 5.41) is 22.9. The van der Waals surface area contributed by atoms with Crippen LogP contribution in [-0.4, -0.2) is 34.9 Å². The quantitative estimate of drug-likeness (QED) is 0.0451. The van der Waals surface area contributed by atoms with Gasteiger partial charge in [0, 0.05) is 6.42 Å². The monoisotopic (exact) mass is 674 g/mol. The van der Waals surface area contributed by atoms with Gasteiger partial charge in [-0.2, -0.15) is 0 Å². The minimum atomic E-state index is -0.860. The summed E-state index contributed by atoms with van der Waals surface area (Å²) in [5.41, 5.74) is 0. The van der Waals surface area contributed by atoms with Crippen LogP contribution in [0.3, 0.4) is 0 Å². The fourth-order valence-corrected chi connectivity index (χ4v) is 6.31. The van der Waals surface area contributed by atoms with E-state index in [4.69, 9.17) is 0 Å². The number of hydrogen-bond donors (Lipinski definition) is 3. The van der Waals surface area contributed by atoms with E-state index in [0.717, 1.165) is 32.1 Å². The molecule has 4 heteroatoms. The molecule has 0 aliphatic heterocycles. The first kappa shape index (κ1) is 46.6. The Morgan fingerprint density at radius 1 is 0.479 bits per heavy atom. The van der Waals surface area contributed by atoms with Crippen LogP contribution in [0.2, 0.25) is 0 Å². The van der Waals surface area contributed by atoms with Crippen molar-refractivity contribution in [2.45, 2.75) is 231 Å². The van der Waals surface area contributed by atoms with Crippen molar-refractivity contribution in [2.24, 2.45) is 0 Å². The summed E-state index contributed by atoms with van der Waals surface area (Å²) in [5.74, 6) is -0.0778. The van der Waals surface area contributed by atoms with E-state index in [9.17, 15) is 15.0 Å². The van der Waals surface area contributed by atoms with E-state index >= 15 is 0 Å². The molecule has 48 heavy (non-hydrogen) atoms. The standard InChI is InChI=1S/C44H83NO3/c1-3-5-7-9-11-13-15-17-18-19-20-21-22-23-24-25-26-27-28-30-32-34-36-38-40-44(48)45-42(41-46)43(47)39-37-35-33-31-29-16-14-12-10-8-6-4-2/h23-24,29,31,37,39,42-43,46-47H,3-22,25-28,30,32-36,38,40-41H2,1-2H3,(H,45,48)/b24-23-,31-29+,39-37+. The second kappa shape index (κ2) is 40.0. The fourth-order valence-electron chi connectivity index (χ4n) is 6.31. The van der Waals surface area contributed by atoms with Gasteiger partial charge in [-0.25, -0.2) is 0 Å². The SMILES string of the molecule is CCCCCCCC/C=C/CC/C=C/C(O)C(CO)NC(=O)CCCCCCCCCC/C=C\CCCCCCCCCCCCCC. The van der Waals surface area contributed by atoms with Crippen molar-refractivity contribution in [3.8, 4) is 0 Å². The molecule has 0 saturated heterocycles. The second-order valence-electron chi connectivity index (χ2n) is 14.4. The Morgan fingerprint density at radius 3 is 1.21 bits per heavy atom. The molecule has 0 saturated carbocycles. The molecule has 1 amide bonds. The molecular formula is C44H83NO3. The van der Waals surface area contributed by atoms with Crippen LogP contribution in [-0.2, 0) is 4.79 Å². The van der Waals surface area contributed by atoms with E-state index in [1.165, 1.54) is 167 Å². The highest BCUT2D eigenvalue weighted by atomic mass is 16.3. The van der Waals surface area contributed by atoms with Crippen molar-refractivity contribution in [3.05, 3.63) is 36.5 Å². The van der Waals surface area contributed by atoms with Gasteiger partial charge >= 0.3 is 0 Å². The zero-order valence-corrected chi connectivity index (χ0v) is 32.3. The highest BCUT2D eigenvalue weighted by Crippen LogP contribution is 2.14. The molecule has 0 aromatic heterocycles. The van der Waals surface area contributed by atoms with Gasteiger partial charge in [-0.05, 0) is 57.8 Å². The number of carbonyl (C=O) groups excluding carboxylic acids is 1. The molecule has 0 aromatic carbocycles. The van der Waals surface area contributed by atoms with Crippen LogP contribution >= 0.6 is 0 Å². The van der Waals surface area contributed by atoms with Crippen LogP contribution in [0.5, 0.6) is 0 Å². The molecule has 0 bridgehead atoms. The Bertz CT molecular complexity index is 731. The summed E-state index contributed by atoms with van der Waals surface area (Å²) in [7, 11) is 0. The van der Waals surface area contributed by atoms with E-state index in [0.29, 0.717) is 6.42 Å². The van der Waals surface area contributed by atoms with E-state index < -0.39 is 12.1 Å². The van der Waals surface area contributed by atoms with Gasteiger partial charge in [0.2, 0.25) is 5.91 Å². The zero-order valence-electron chi connectivity index (χ0n) is 32.3. The predicted octanol–water partition coefficient (Wildman–Crippen LogP) is 13.0. The molecule has 0 heterocycles. The summed E-state index contributed by atoms with van der Waals surface area (Å²) in [6, 6.07) is -0.638. The van der Waals surface area contributed by atoms with E-state index in [2.05, 4.69) is 43.5 Å². The topological polar surface area (TPSA) is 69.6 Å². The van der Waals surface area contributed by atoms with Gasteiger partial charge in [0.1, 0.15) is 0 Å². The molecule has 2 atom stereocenters. The van der Waals surface area contributed by atoms with Crippen molar-refractivity contribution >= 4 is 5.91 Å². The summed E-state index contributed by atoms with van der Waals surface area (Å²) >= 11 is 0. The Labute approximate surface area is 300 Å². The van der Waals surface area contributed by atoms with Gasteiger partial charge in [-0.1, -0.05) is 192 Å². The van der Waals surface area contributed by atoms with Crippen molar-refractivity contribution < 1.29 is 15.0 Å². The first-order valence-electron chi connectivity index (χ1n) is 21.2. The lowest BCUT2D eigenvalue weighted by molar-refractivity contribution is -0.123. The lowest BCUT2D eigenvalue weighted by Gasteiger charge is -2.19. The fraction of sp³-hybridized carbons (Fsp3) is 0.841. The lowest BCUT2D eigenvalue weighted by Crippen LogP contribution is -2.45.